The van der Waals surface area contributed by atoms with Gasteiger partial charge in [0.05, 0.1) is 18.1 Å². The molecular formula is C11H20N4OS. The summed E-state index contributed by atoms with van der Waals surface area (Å²) in [5.41, 5.74) is 0.874. The lowest BCUT2D eigenvalue weighted by Crippen LogP contribution is -2.28. The summed E-state index contributed by atoms with van der Waals surface area (Å²) in [6, 6.07) is 0. The number of hydrogen-bond acceptors (Lipinski definition) is 3. The molecule has 0 saturated heterocycles. The lowest BCUT2D eigenvalue weighted by molar-refractivity contribution is 0.0792. The molecule has 0 aliphatic rings. The molecule has 0 aliphatic carbocycles. The second-order valence-electron chi connectivity index (χ2n) is 3.62. The van der Waals surface area contributed by atoms with Crippen molar-refractivity contribution in [1.29, 1.82) is 0 Å². The van der Waals surface area contributed by atoms with E-state index in [0.717, 1.165) is 25.1 Å². The molecule has 0 radical (unpaired) electrons. The Labute approximate surface area is 108 Å². The van der Waals surface area contributed by atoms with Gasteiger partial charge in [-0.3, -0.25) is 0 Å². The van der Waals surface area contributed by atoms with Crippen LogP contribution in [-0.4, -0.2) is 28.0 Å². The topological polar surface area (TPSA) is 51.1 Å². The first-order chi connectivity index (χ1) is 8.26. The zero-order chi connectivity index (χ0) is 12.5. The highest BCUT2D eigenvalue weighted by Crippen LogP contribution is 2.04. The van der Waals surface area contributed by atoms with Gasteiger partial charge in [-0.2, -0.15) is 5.10 Å². The quantitative estimate of drug-likeness (QED) is 0.577. The van der Waals surface area contributed by atoms with Crippen molar-refractivity contribution >= 4 is 23.0 Å². The van der Waals surface area contributed by atoms with Gasteiger partial charge in [-0.1, -0.05) is 13.3 Å². The third-order valence-corrected chi connectivity index (χ3v) is 2.38. The molecular weight excluding hydrogens is 236 g/mol. The van der Waals surface area contributed by atoms with Gasteiger partial charge in [0.1, 0.15) is 6.73 Å². The van der Waals surface area contributed by atoms with E-state index in [9.17, 15) is 0 Å². The monoisotopic (exact) mass is 256 g/mol. The number of nitrogens with one attached hydrogen (secondary N) is 2. The van der Waals surface area contributed by atoms with E-state index in [1.165, 1.54) is 0 Å². The third kappa shape index (κ3) is 5.65. The van der Waals surface area contributed by atoms with Gasteiger partial charge in [-0.25, -0.2) is 4.68 Å². The number of ether oxygens (including phenoxy) is 1. The van der Waals surface area contributed by atoms with Crippen LogP contribution < -0.4 is 10.6 Å². The van der Waals surface area contributed by atoms with Crippen molar-refractivity contribution in [2.24, 2.45) is 0 Å². The molecule has 0 fully saturated rings. The molecule has 0 saturated carbocycles. The number of aromatic nitrogens is 2. The Morgan fingerprint density at radius 3 is 3.06 bits per heavy atom. The minimum atomic E-state index is 0.466. The molecule has 17 heavy (non-hydrogen) atoms. The number of nitrogens with zero attached hydrogens (tertiary/aromatic N) is 2. The zero-order valence-electron chi connectivity index (χ0n) is 10.4. The third-order valence-electron chi connectivity index (χ3n) is 2.13. The predicted molar refractivity (Wildman–Crippen MR) is 73.0 cm³/mol. The normalized spacial score (nSPS) is 10.2. The van der Waals surface area contributed by atoms with Crippen LogP contribution in [-0.2, 0) is 11.5 Å². The van der Waals surface area contributed by atoms with Crippen LogP contribution in [0, 0.1) is 0 Å². The fourth-order valence-corrected chi connectivity index (χ4v) is 1.46. The number of anilines is 1. The average Bonchev–Trinajstić information content (AvgIpc) is 2.74. The molecule has 0 amide bonds. The second-order valence-corrected chi connectivity index (χ2v) is 4.03. The summed E-state index contributed by atoms with van der Waals surface area (Å²) in [7, 11) is 0. The molecule has 0 unspecified atom stereocenters. The molecule has 96 valence electrons. The summed E-state index contributed by atoms with van der Waals surface area (Å²) in [6.45, 7) is 6.15. The van der Waals surface area contributed by atoms with E-state index in [4.69, 9.17) is 17.0 Å². The molecule has 1 heterocycles. The van der Waals surface area contributed by atoms with Crippen LogP contribution in [0.4, 0.5) is 5.69 Å². The van der Waals surface area contributed by atoms with Crippen LogP contribution in [0.25, 0.3) is 0 Å². The first-order valence-electron chi connectivity index (χ1n) is 5.91. The summed E-state index contributed by atoms with van der Waals surface area (Å²) in [6.07, 6.45) is 5.86. The lowest BCUT2D eigenvalue weighted by atomic mass is 10.3. The predicted octanol–water partition coefficient (Wildman–Crippen LogP) is 1.96. The maximum absolute atomic E-state index is 5.24. The molecule has 0 aliphatic heterocycles. The average molecular weight is 256 g/mol. The molecule has 0 aromatic carbocycles. The minimum Gasteiger partial charge on any atom is -0.362 e. The first-order valence-corrected chi connectivity index (χ1v) is 6.32. The van der Waals surface area contributed by atoms with Crippen LogP contribution in [0.1, 0.15) is 26.7 Å². The highest BCUT2D eigenvalue weighted by molar-refractivity contribution is 7.80. The zero-order valence-corrected chi connectivity index (χ0v) is 11.2. The minimum absolute atomic E-state index is 0.466. The standard InChI is InChI=1S/C11H20N4OS/c1-3-5-6-12-11(17)14-10-7-13-15(8-10)9-16-4-2/h7-8H,3-6,9H2,1-2H3,(H2,12,14,17). The maximum Gasteiger partial charge on any atom is 0.170 e. The van der Waals surface area contributed by atoms with Gasteiger partial charge < -0.3 is 15.4 Å². The Bertz CT molecular complexity index is 340. The largest absolute Gasteiger partial charge is 0.362 e. The molecule has 0 atom stereocenters. The Morgan fingerprint density at radius 1 is 1.53 bits per heavy atom. The molecule has 1 aromatic rings. The van der Waals surface area contributed by atoms with E-state index in [-0.39, 0.29) is 0 Å². The number of rotatable bonds is 7. The molecule has 0 spiro atoms. The van der Waals surface area contributed by atoms with Gasteiger partial charge in [0, 0.05) is 13.2 Å². The van der Waals surface area contributed by atoms with Crippen molar-refractivity contribution in [3.63, 3.8) is 0 Å². The lowest BCUT2D eigenvalue weighted by Gasteiger charge is -2.07. The summed E-state index contributed by atoms with van der Waals surface area (Å²) in [4.78, 5) is 0. The highest BCUT2D eigenvalue weighted by atomic mass is 32.1. The Hall–Kier alpha value is -1.14. The van der Waals surface area contributed by atoms with Crippen molar-refractivity contribution in [2.45, 2.75) is 33.4 Å². The Morgan fingerprint density at radius 2 is 2.35 bits per heavy atom. The van der Waals surface area contributed by atoms with E-state index < -0.39 is 0 Å². The van der Waals surface area contributed by atoms with Crippen molar-refractivity contribution < 1.29 is 4.74 Å². The highest BCUT2D eigenvalue weighted by Gasteiger charge is 2.00. The fraction of sp³-hybridized carbons (Fsp3) is 0.636. The van der Waals surface area contributed by atoms with Gasteiger partial charge in [0.2, 0.25) is 0 Å². The molecule has 2 N–H and O–H groups in total. The van der Waals surface area contributed by atoms with Gasteiger partial charge in [0.15, 0.2) is 5.11 Å². The van der Waals surface area contributed by atoms with Gasteiger partial charge in [-0.15, -0.1) is 0 Å². The van der Waals surface area contributed by atoms with E-state index >= 15 is 0 Å². The SMILES string of the molecule is CCCCNC(=S)Nc1cnn(COCC)c1. The molecule has 5 nitrogen and oxygen atoms in total. The van der Waals surface area contributed by atoms with Gasteiger partial charge >= 0.3 is 0 Å². The van der Waals surface area contributed by atoms with E-state index in [2.05, 4.69) is 22.7 Å². The van der Waals surface area contributed by atoms with Crippen LogP contribution in [0.15, 0.2) is 12.4 Å². The molecule has 1 rings (SSSR count). The first kappa shape index (κ1) is 13.9. The van der Waals surface area contributed by atoms with Crippen LogP contribution in [0.3, 0.4) is 0 Å². The Kier molecular flexibility index (Phi) is 6.57. The van der Waals surface area contributed by atoms with Crippen LogP contribution in [0.5, 0.6) is 0 Å². The van der Waals surface area contributed by atoms with Crippen LogP contribution >= 0.6 is 12.2 Å². The fourth-order valence-electron chi connectivity index (χ4n) is 1.24. The second kappa shape index (κ2) is 8.03. The van der Waals surface area contributed by atoms with Gasteiger partial charge in [-0.05, 0) is 25.6 Å². The number of unbranched alkanes of at least 4 members (excludes halogenated alkanes) is 1. The summed E-state index contributed by atoms with van der Waals surface area (Å²) in [5.74, 6) is 0. The summed E-state index contributed by atoms with van der Waals surface area (Å²) >= 11 is 5.16. The van der Waals surface area contributed by atoms with E-state index in [0.29, 0.717) is 18.5 Å². The summed E-state index contributed by atoms with van der Waals surface area (Å²) < 4.78 is 6.96. The van der Waals surface area contributed by atoms with Crippen LogP contribution in [0.2, 0.25) is 0 Å². The van der Waals surface area contributed by atoms with Crippen molar-refractivity contribution in [2.75, 3.05) is 18.5 Å². The van der Waals surface area contributed by atoms with E-state index in [1.54, 1.807) is 10.9 Å². The van der Waals surface area contributed by atoms with Crippen molar-refractivity contribution in [3.05, 3.63) is 12.4 Å². The number of thiocarbonyl (C=S) groups is 1. The van der Waals surface area contributed by atoms with E-state index in [1.807, 2.05) is 13.1 Å². The van der Waals surface area contributed by atoms with Crippen molar-refractivity contribution in [1.82, 2.24) is 15.1 Å². The summed E-state index contributed by atoms with van der Waals surface area (Å²) in [5, 5.41) is 11.0. The molecule has 0 bridgehead atoms. The van der Waals surface area contributed by atoms with Crippen molar-refractivity contribution in [3.8, 4) is 0 Å². The maximum atomic E-state index is 5.24. The Balaban J connectivity index is 2.30. The van der Waals surface area contributed by atoms with Gasteiger partial charge in [0.25, 0.3) is 0 Å². The molecule has 1 aromatic heterocycles. The smallest absolute Gasteiger partial charge is 0.170 e. The molecule has 6 heteroatoms. The number of hydrogen-bond donors (Lipinski definition) is 2.